The Bertz CT molecular complexity index is 566. The minimum atomic E-state index is 0.278. The van der Waals surface area contributed by atoms with Gasteiger partial charge in [0.25, 0.3) is 0 Å². The molecule has 0 fully saturated rings. The van der Waals surface area contributed by atoms with Gasteiger partial charge >= 0.3 is 0 Å². The van der Waals surface area contributed by atoms with Crippen molar-refractivity contribution in [3.8, 4) is 5.82 Å². The molecule has 1 atom stereocenters. The molecular formula is C14H21N5O. The molecule has 0 spiro atoms. The SMILES string of the molecule is COCCC(C)Nc1cncc(-n2nc(C)cc2C)n1. The van der Waals surface area contributed by atoms with E-state index in [-0.39, 0.29) is 6.04 Å². The maximum absolute atomic E-state index is 5.07. The van der Waals surface area contributed by atoms with Crippen molar-refractivity contribution in [2.75, 3.05) is 19.0 Å². The molecule has 6 nitrogen and oxygen atoms in total. The Hall–Kier alpha value is -1.95. The van der Waals surface area contributed by atoms with Crippen LogP contribution in [0.25, 0.3) is 5.82 Å². The number of nitrogens with zero attached hydrogens (tertiary/aromatic N) is 4. The number of methoxy groups -OCH3 is 1. The van der Waals surface area contributed by atoms with E-state index in [2.05, 4.69) is 27.3 Å². The van der Waals surface area contributed by atoms with Gasteiger partial charge in [-0.15, -0.1) is 0 Å². The zero-order valence-electron chi connectivity index (χ0n) is 12.4. The monoisotopic (exact) mass is 275 g/mol. The molecule has 0 aromatic carbocycles. The maximum Gasteiger partial charge on any atom is 0.174 e. The summed E-state index contributed by atoms with van der Waals surface area (Å²) in [5.41, 5.74) is 2.01. The summed E-state index contributed by atoms with van der Waals surface area (Å²) >= 11 is 0. The van der Waals surface area contributed by atoms with Crippen molar-refractivity contribution in [3.05, 3.63) is 29.8 Å². The zero-order valence-corrected chi connectivity index (χ0v) is 12.4. The van der Waals surface area contributed by atoms with Gasteiger partial charge in [-0.25, -0.2) is 9.67 Å². The van der Waals surface area contributed by atoms with Gasteiger partial charge in [-0.05, 0) is 33.3 Å². The average molecular weight is 275 g/mol. The Morgan fingerprint density at radius 2 is 2.15 bits per heavy atom. The lowest BCUT2D eigenvalue weighted by Crippen LogP contribution is -2.18. The van der Waals surface area contributed by atoms with Crippen LogP contribution in [-0.4, -0.2) is 39.5 Å². The number of aryl methyl sites for hydroxylation is 2. The maximum atomic E-state index is 5.07. The summed E-state index contributed by atoms with van der Waals surface area (Å²) in [5, 5.41) is 7.74. The van der Waals surface area contributed by atoms with E-state index in [9.17, 15) is 0 Å². The highest BCUT2D eigenvalue weighted by atomic mass is 16.5. The summed E-state index contributed by atoms with van der Waals surface area (Å²) in [4.78, 5) is 8.78. The number of anilines is 1. The summed E-state index contributed by atoms with van der Waals surface area (Å²) in [6.45, 7) is 6.78. The third-order valence-corrected chi connectivity index (χ3v) is 3.00. The Morgan fingerprint density at radius 3 is 2.80 bits per heavy atom. The number of hydrogen-bond acceptors (Lipinski definition) is 5. The molecule has 0 aliphatic heterocycles. The second-order valence-electron chi connectivity index (χ2n) is 4.93. The van der Waals surface area contributed by atoms with E-state index in [0.29, 0.717) is 0 Å². The third kappa shape index (κ3) is 3.54. The van der Waals surface area contributed by atoms with E-state index in [1.165, 1.54) is 0 Å². The number of nitrogens with one attached hydrogen (secondary N) is 1. The fraction of sp³-hybridized carbons (Fsp3) is 0.500. The standard InChI is InChI=1S/C14H21N5O/c1-10(5-6-20-4)16-13-8-15-9-14(17-13)19-12(3)7-11(2)18-19/h7-10H,5-6H2,1-4H3,(H,16,17). The first kappa shape index (κ1) is 14.5. The first-order chi connectivity index (χ1) is 9.60. The fourth-order valence-electron chi connectivity index (χ4n) is 2.01. The van der Waals surface area contributed by atoms with Crippen molar-refractivity contribution >= 4 is 5.82 Å². The molecule has 0 radical (unpaired) electrons. The van der Waals surface area contributed by atoms with Crippen LogP contribution in [0.5, 0.6) is 0 Å². The van der Waals surface area contributed by atoms with Gasteiger partial charge in [0.05, 0.1) is 18.1 Å². The van der Waals surface area contributed by atoms with Crippen molar-refractivity contribution < 1.29 is 4.74 Å². The molecule has 108 valence electrons. The van der Waals surface area contributed by atoms with E-state index in [1.54, 1.807) is 24.2 Å². The summed E-state index contributed by atoms with van der Waals surface area (Å²) < 4.78 is 6.87. The molecule has 0 saturated heterocycles. The minimum absolute atomic E-state index is 0.278. The molecule has 1 unspecified atom stereocenters. The van der Waals surface area contributed by atoms with Crippen molar-refractivity contribution in [1.29, 1.82) is 0 Å². The predicted molar refractivity (Wildman–Crippen MR) is 78.2 cm³/mol. The Balaban J connectivity index is 2.14. The van der Waals surface area contributed by atoms with Crippen LogP contribution in [0.15, 0.2) is 18.5 Å². The highest BCUT2D eigenvalue weighted by molar-refractivity contribution is 5.37. The zero-order chi connectivity index (χ0) is 14.5. The number of rotatable bonds is 6. The van der Waals surface area contributed by atoms with Crippen LogP contribution in [0.1, 0.15) is 24.7 Å². The quantitative estimate of drug-likeness (QED) is 0.874. The second-order valence-corrected chi connectivity index (χ2v) is 4.93. The van der Waals surface area contributed by atoms with Crippen LogP contribution in [0.3, 0.4) is 0 Å². The molecule has 0 aliphatic rings. The normalized spacial score (nSPS) is 12.4. The largest absolute Gasteiger partial charge is 0.385 e. The predicted octanol–water partition coefficient (Wildman–Crippen LogP) is 2.12. The van der Waals surface area contributed by atoms with Crippen molar-refractivity contribution in [2.45, 2.75) is 33.2 Å². The second kappa shape index (κ2) is 6.47. The molecule has 0 bridgehead atoms. The summed E-state index contributed by atoms with van der Waals surface area (Å²) in [6, 6.07) is 2.29. The van der Waals surface area contributed by atoms with E-state index < -0.39 is 0 Å². The first-order valence-corrected chi connectivity index (χ1v) is 6.71. The smallest absolute Gasteiger partial charge is 0.174 e. The Kier molecular flexibility index (Phi) is 4.68. The molecule has 20 heavy (non-hydrogen) atoms. The lowest BCUT2D eigenvalue weighted by Gasteiger charge is -2.14. The summed E-state index contributed by atoms with van der Waals surface area (Å²) in [5.74, 6) is 1.47. The molecule has 0 aliphatic carbocycles. The minimum Gasteiger partial charge on any atom is -0.385 e. The topological polar surface area (TPSA) is 64.9 Å². The lowest BCUT2D eigenvalue weighted by atomic mass is 10.2. The van der Waals surface area contributed by atoms with Crippen molar-refractivity contribution in [1.82, 2.24) is 19.7 Å². The lowest BCUT2D eigenvalue weighted by molar-refractivity contribution is 0.191. The molecule has 2 aromatic heterocycles. The van der Waals surface area contributed by atoms with Crippen LogP contribution in [0, 0.1) is 13.8 Å². The van der Waals surface area contributed by atoms with Gasteiger partial charge in [0.15, 0.2) is 5.82 Å². The van der Waals surface area contributed by atoms with Crippen LogP contribution >= 0.6 is 0 Å². The van der Waals surface area contributed by atoms with Crippen molar-refractivity contribution in [3.63, 3.8) is 0 Å². The molecule has 2 rings (SSSR count). The average Bonchev–Trinajstić information content (AvgIpc) is 2.76. The van der Waals surface area contributed by atoms with E-state index in [4.69, 9.17) is 4.74 Å². The molecule has 0 saturated carbocycles. The van der Waals surface area contributed by atoms with Gasteiger partial charge in [-0.1, -0.05) is 0 Å². The molecule has 1 N–H and O–H groups in total. The van der Waals surface area contributed by atoms with Gasteiger partial charge in [0, 0.05) is 25.5 Å². The number of aromatic nitrogens is 4. The number of hydrogen-bond donors (Lipinski definition) is 1. The van der Waals surface area contributed by atoms with Gasteiger partial charge in [-0.2, -0.15) is 5.10 Å². The summed E-state index contributed by atoms with van der Waals surface area (Å²) in [7, 11) is 1.70. The molecular weight excluding hydrogens is 254 g/mol. The van der Waals surface area contributed by atoms with Crippen LogP contribution in [0.2, 0.25) is 0 Å². The van der Waals surface area contributed by atoms with Gasteiger partial charge in [0.1, 0.15) is 5.82 Å². The molecule has 0 amide bonds. The Morgan fingerprint density at radius 1 is 1.35 bits per heavy atom. The van der Waals surface area contributed by atoms with Gasteiger partial charge in [-0.3, -0.25) is 4.98 Å². The van der Waals surface area contributed by atoms with Crippen LogP contribution in [0.4, 0.5) is 5.82 Å². The van der Waals surface area contributed by atoms with Crippen LogP contribution < -0.4 is 5.32 Å². The summed E-state index contributed by atoms with van der Waals surface area (Å²) in [6.07, 6.45) is 4.35. The van der Waals surface area contributed by atoms with Crippen molar-refractivity contribution in [2.24, 2.45) is 0 Å². The van der Waals surface area contributed by atoms with Crippen LogP contribution in [-0.2, 0) is 4.74 Å². The third-order valence-electron chi connectivity index (χ3n) is 3.00. The van der Waals surface area contributed by atoms with E-state index >= 15 is 0 Å². The van der Waals surface area contributed by atoms with Gasteiger partial charge in [0.2, 0.25) is 0 Å². The Labute approximate surface area is 119 Å². The number of ether oxygens (including phenoxy) is 1. The van der Waals surface area contributed by atoms with E-state index in [1.807, 2.05) is 19.9 Å². The van der Waals surface area contributed by atoms with Gasteiger partial charge < -0.3 is 10.1 Å². The fourth-order valence-corrected chi connectivity index (χ4v) is 2.01. The van der Waals surface area contributed by atoms with E-state index in [0.717, 1.165) is 36.1 Å². The molecule has 6 heteroatoms. The molecule has 2 aromatic rings. The highest BCUT2D eigenvalue weighted by Gasteiger charge is 2.08. The highest BCUT2D eigenvalue weighted by Crippen LogP contribution is 2.12. The molecule has 2 heterocycles. The first-order valence-electron chi connectivity index (χ1n) is 6.71.